The van der Waals surface area contributed by atoms with Gasteiger partial charge in [-0.05, 0) is 43.5 Å². The smallest absolute Gasteiger partial charge is 0.169 e. The van der Waals surface area contributed by atoms with E-state index in [1.807, 2.05) is 0 Å². The SMILES string of the molecule is N#Cc1cc(CC2CCCN2)cc(F)c1O. The molecule has 0 aliphatic carbocycles. The Morgan fingerprint density at radius 2 is 2.38 bits per heavy atom. The van der Waals surface area contributed by atoms with E-state index in [4.69, 9.17) is 5.26 Å². The first-order valence-corrected chi connectivity index (χ1v) is 5.35. The molecule has 0 aromatic heterocycles. The minimum absolute atomic E-state index is 0.00740. The lowest BCUT2D eigenvalue weighted by Crippen LogP contribution is -2.23. The number of benzene rings is 1. The van der Waals surface area contributed by atoms with Gasteiger partial charge in [0.2, 0.25) is 0 Å². The topological polar surface area (TPSA) is 56.0 Å². The first kappa shape index (κ1) is 10.9. The Morgan fingerprint density at radius 3 is 3.00 bits per heavy atom. The van der Waals surface area contributed by atoms with Gasteiger partial charge in [0.25, 0.3) is 0 Å². The number of halogens is 1. The first-order chi connectivity index (χ1) is 7.70. The van der Waals surface area contributed by atoms with Crippen LogP contribution in [-0.4, -0.2) is 17.7 Å². The maximum absolute atomic E-state index is 13.3. The zero-order valence-corrected chi connectivity index (χ0v) is 8.83. The summed E-state index contributed by atoms with van der Waals surface area (Å²) in [7, 11) is 0. The highest BCUT2D eigenvalue weighted by molar-refractivity contribution is 5.45. The molecule has 0 saturated carbocycles. The third kappa shape index (κ3) is 2.15. The number of hydrogen-bond donors (Lipinski definition) is 2. The largest absolute Gasteiger partial charge is 0.504 e. The van der Waals surface area contributed by atoms with Crippen molar-refractivity contribution in [3.63, 3.8) is 0 Å². The summed E-state index contributed by atoms with van der Waals surface area (Å²) in [6, 6.07) is 5.00. The molecule has 84 valence electrons. The van der Waals surface area contributed by atoms with Crippen molar-refractivity contribution in [1.29, 1.82) is 5.26 Å². The molecule has 1 atom stereocenters. The fraction of sp³-hybridized carbons (Fsp3) is 0.417. The molecule has 2 rings (SSSR count). The predicted molar refractivity (Wildman–Crippen MR) is 57.5 cm³/mol. The molecular weight excluding hydrogens is 207 g/mol. The summed E-state index contributed by atoms with van der Waals surface area (Å²) in [6.45, 7) is 0.996. The van der Waals surface area contributed by atoms with Crippen LogP contribution >= 0.6 is 0 Å². The second kappa shape index (κ2) is 4.50. The lowest BCUT2D eigenvalue weighted by atomic mass is 10.0. The summed E-state index contributed by atoms with van der Waals surface area (Å²) in [5, 5.41) is 21.3. The Labute approximate surface area is 93.5 Å². The lowest BCUT2D eigenvalue weighted by molar-refractivity contribution is 0.429. The van der Waals surface area contributed by atoms with Gasteiger partial charge in [-0.25, -0.2) is 4.39 Å². The van der Waals surface area contributed by atoms with Crippen LogP contribution in [0.25, 0.3) is 0 Å². The Kier molecular flexibility index (Phi) is 3.07. The number of nitrogens with zero attached hydrogens (tertiary/aromatic N) is 1. The Hall–Kier alpha value is -1.60. The Morgan fingerprint density at radius 1 is 1.56 bits per heavy atom. The minimum Gasteiger partial charge on any atom is -0.504 e. The average Bonchev–Trinajstić information content (AvgIpc) is 2.76. The van der Waals surface area contributed by atoms with Crippen LogP contribution in [0, 0.1) is 17.1 Å². The highest BCUT2D eigenvalue weighted by Crippen LogP contribution is 2.24. The number of hydrogen-bond acceptors (Lipinski definition) is 3. The van der Waals surface area contributed by atoms with Gasteiger partial charge in [0.15, 0.2) is 11.6 Å². The van der Waals surface area contributed by atoms with E-state index in [0.29, 0.717) is 12.5 Å². The molecule has 1 aliphatic rings. The standard InChI is InChI=1S/C12H13FN2O/c13-11-6-8(4-9(7-14)12(11)16)5-10-2-1-3-15-10/h4,6,10,15-16H,1-3,5H2. The normalized spacial score (nSPS) is 19.6. The summed E-state index contributed by atoms with van der Waals surface area (Å²) >= 11 is 0. The third-order valence-electron chi connectivity index (χ3n) is 2.89. The summed E-state index contributed by atoms with van der Waals surface area (Å²) in [6.07, 6.45) is 2.91. The van der Waals surface area contributed by atoms with Crippen LogP contribution in [-0.2, 0) is 6.42 Å². The Bertz CT molecular complexity index is 433. The van der Waals surface area contributed by atoms with Crippen LogP contribution in [0.15, 0.2) is 12.1 Å². The van der Waals surface area contributed by atoms with Gasteiger partial charge < -0.3 is 10.4 Å². The fourth-order valence-corrected chi connectivity index (χ4v) is 2.07. The van der Waals surface area contributed by atoms with Gasteiger partial charge in [-0.2, -0.15) is 5.26 Å². The van der Waals surface area contributed by atoms with Crippen LogP contribution in [0.1, 0.15) is 24.0 Å². The van der Waals surface area contributed by atoms with Gasteiger partial charge in [0.05, 0.1) is 5.56 Å². The summed E-state index contributed by atoms with van der Waals surface area (Å²) in [5.41, 5.74) is 0.763. The van der Waals surface area contributed by atoms with Crippen molar-refractivity contribution in [2.24, 2.45) is 0 Å². The fourth-order valence-electron chi connectivity index (χ4n) is 2.07. The zero-order chi connectivity index (χ0) is 11.5. The van der Waals surface area contributed by atoms with Crippen molar-refractivity contribution in [1.82, 2.24) is 5.32 Å². The molecule has 4 heteroatoms. The highest BCUT2D eigenvalue weighted by atomic mass is 19.1. The second-order valence-corrected chi connectivity index (χ2v) is 4.08. The van der Waals surface area contributed by atoms with Crippen molar-refractivity contribution >= 4 is 0 Å². The minimum atomic E-state index is -0.716. The molecular formula is C12H13FN2O. The van der Waals surface area contributed by atoms with Crippen LogP contribution in [0.2, 0.25) is 0 Å². The maximum Gasteiger partial charge on any atom is 0.169 e. The molecule has 1 heterocycles. The number of rotatable bonds is 2. The van der Waals surface area contributed by atoms with Crippen molar-refractivity contribution in [3.8, 4) is 11.8 Å². The van der Waals surface area contributed by atoms with Gasteiger partial charge >= 0.3 is 0 Å². The van der Waals surface area contributed by atoms with E-state index in [1.165, 1.54) is 6.07 Å². The van der Waals surface area contributed by atoms with Crippen LogP contribution in [0.5, 0.6) is 5.75 Å². The number of nitriles is 1. The van der Waals surface area contributed by atoms with E-state index in [2.05, 4.69) is 5.32 Å². The summed E-state index contributed by atoms with van der Waals surface area (Å²) < 4.78 is 13.3. The zero-order valence-electron chi connectivity index (χ0n) is 8.83. The van der Waals surface area contributed by atoms with Crippen molar-refractivity contribution in [2.45, 2.75) is 25.3 Å². The maximum atomic E-state index is 13.3. The molecule has 1 aliphatic heterocycles. The van der Waals surface area contributed by atoms with Crippen LogP contribution in [0.3, 0.4) is 0 Å². The Balaban J connectivity index is 2.21. The average molecular weight is 220 g/mol. The van der Waals surface area contributed by atoms with Gasteiger partial charge in [-0.3, -0.25) is 0 Å². The van der Waals surface area contributed by atoms with E-state index < -0.39 is 11.6 Å². The quantitative estimate of drug-likeness (QED) is 0.797. The van der Waals surface area contributed by atoms with Gasteiger partial charge in [-0.1, -0.05) is 0 Å². The molecule has 2 N–H and O–H groups in total. The molecule has 1 aromatic carbocycles. The van der Waals surface area contributed by atoms with Gasteiger partial charge in [-0.15, -0.1) is 0 Å². The molecule has 0 bridgehead atoms. The molecule has 1 unspecified atom stereocenters. The highest BCUT2D eigenvalue weighted by Gasteiger charge is 2.16. The molecule has 1 fully saturated rings. The predicted octanol–water partition coefficient (Wildman–Crippen LogP) is 1.70. The summed E-state index contributed by atoms with van der Waals surface area (Å²) in [4.78, 5) is 0. The van der Waals surface area contributed by atoms with E-state index in [9.17, 15) is 9.50 Å². The van der Waals surface area contributed by atoms with Crippen molar-refractivity contribution < 1.29 is 9.50 Å². The van der Waals surface area contributed by atoms with Crippen LogP contribution < -0.4 is 5.32 Å². The third-order valence-corrected chi connectivity index (χ3v) is 2.89. The molecule has 3 nitrogen and oxygen atoms in total. The van der Waals surface area contributed by atoms with E-state index in [0.717, 1.165) is 24.9 Å². The monoisotopic (exact) mass is 220 g/mol. The number of phenolic OH excluding ortho intramolecular Hbond substituents is 1. The molecule has 1 aromatic rings. The molecule has 1 saturated heterocycles. The number of nitrogens with one attached hydrogen (secondary N) is 1. The van der Waals surface area contributed by atoms with E-state index >= 15 is 0 Å². The second-order valence-electron chi connectivity index (χ2n) is 4.08. The number of phenols is 1. The number of aromatic hydroxyl groups is 1. The van der Waals surface area contributed by atoms with Gasteiger partial charge in [0, 0.05) is 6.04 Å². The van der Waals surface area contributed by atoms with E-state index in [1.54, 1.807) is 12.1 Å². The molecule has 0 radical (unpaired) electrons. The summed E-state index contributed by atoms with van der Waals surface area (Å²) in [5.74, 6) is -1.27. The van der Waals surface area contributed by atoms with Crippen LogP contribution in [0.4, 0.5) is 4.39 Å². The first-order valence-electron chi connectivity index (χ1n) is 5.35. The molecule has 0 spiro atoms. The lowest BCUT2D eigenvalue weighted by Gasteiger charge is -2.10. The molecule has 0 amide bonds. The van der Waals surface area contributed by atoms with Gasteiger partial charge in [0.1, 0.15) is 6.07 Å². The van der Waals surface area contributed by atoms with Crippen molar-refractivity contribution in [3.05, 3.63) is 29.1 Å². The van der Waals surface area contributed by atoms with E-state index in [-0.39, 0.29) is 5.56 Å². The van der Waals surface area contributed by atoms with Crippen molar-refractivity contribution in [2.75, 3.05) is 6.54 Å². The molecule has 16 heavy (non-hydrogen) atoms.